The first kappa shape index (κ1) is 14.1. The molecule has 20 heavy (non-hydrogen) atoms. The molecule has 3 aliphatic rings. The molecule has 3 nitrogen and oxygen atoms in total. The van der Waals surface area contributed by atoms with Crippen LogP contribution in [0.15, 0.2) is 30.3 Å². The molecule has 0 aliphatic carbocycles. The Bertz CT molecular complexity index is 431. The summed E-state index contributed by atoms with van der Waals surface area (Å²) in [5, 5.41) is 0. The van der Waals surface area contributed by atoms with Crippen molar-refractivity contribution in [1.82, 2.24) is 14.7 Å². The van der Waals surface area contributed by atoms with Gasteiger partial charge in [-0.25, -0.2) is 0 Å². The Labute approximate surface area is 123 Å². The van der Waals surface area contributed by atoms with Crippen LogP contribution in [-0.2, 0) is 6.54 Å². The van der Waals surface area contributed by atoms with E-state index in [2.05, 4.69) is 66.2 Å². The van der Waals surface area contributed by atoms with Gasteiger partial charge in [0.15, 0.2) is 0 Å². The number of hydrogen-bond donors (Lipinski definition) is 0. The minimum Gasteiger partial charge on any atom is -0.305 e. The summed E-state index contributed by atoms with van der Waals surface area (Å²) < 4.78 is 0. The number of nitrogens with zero attached hydrogens (tertiary/aromatic N) is 3. The molecule has 3 aliphatic heterocycles. The Hall–Kier alpha value is -0.900. The maximum atomic E-state index is 2.71. The van der Waals surface area contributed by atoms with Crippen LogP contribution in [0.3, 0.4) is 0 Å². The van der Waals surface area contributed by atoms with Crippen molar-refractivity contribution in [3.05, 3.63) is 35.9 Å². The molecule has 0 aromatic heterocycles. The van der Waals surface area contributed by atoms with E-state index in [4.69, 9.17) is 0 Å². The second-order valence-corrected chi connectivity index (χ2v) is 6.68. The molecule has 0 saturated carbocycles. The van der Waals surface area contributed by atoms with E-state index in [1.807, 2.05) is 0 Å². The van der Waals surface area contributed by atoms with Gasteiger partial charge >= 0.3 is 0 Å². The van der Waals surface area contributed by atoms with E-state index in [1.54, 1.807) is 0 Å². The van der Waals surface area contributed by atoms with E-state index >= 15 is 0 Å². The van der Waals surface area contributed by atoms with E-state index in [-0.39, 0.29) is 0 Å². The SMILES string of the molecule is CN1CC2CC[C@@H](N(C)C)C1CN2Cc1ccccc1. The normalized spacial score (nSPS) is 31.7. The fourth-order valence-electron chi connectivity index (χ4n) is 3.97. The van der Waals surface area contributed by atoms with Gasteiger partial charge in [-0.15, -0.1) is 0 Å². The Morgan fingerprint density at radius 3 is 2.55 bits per heavy atom. The molecule has 2 unspecified atom stereocenters. The molecule has 110 valence electrons. The van der Waals surface area contributed by atoms with Crippen LogP contribution in [0.25, 0.3) is 0 Å². The molecule has 1 aromatic carbocycles. The number of hydrogen-bond acceptors (Lipinski definition) is 3. The number of benzene rings is 1. The highest BCUT2D eigenvalue weighted by Crippen LogP contribution is 2.29. The minimum atomic E-state index is 0.674. The smallest absolute Gasteiger partial charge is 0.0376 e. The minimum absolute atomic E-state index is 0.674. The molecule has 0 radical (unpaired) electrons. The van der Waals surface area contributed by atoms with Crippen LogP contribution in [0.4, 0.5) is 0 Å². The molecule has 2 bridgehead atoms. The van der Waals surface area contributed by atoms with Crippen molar-refractivity contribution >= 4 is 0 Å². The summed E-state index contributed by atoms with van der Waals surface area (Å²) in [7, 11) is 6.77. The van der Waals surface area contributed by atoms with Crippen LogP contribution >= 0.6 is 0 Å². The summed E-state index contributed by atoms with van der Waals surface area (Å²) in [6, 6.07) is 13.0. The highest BCUT2D eigenvalue weighted by atomic mass is 15.3. The van der Waals surface area contributed by atoms with Crippen molar-refractivity contribution in [2.24, 2.45) is 0 Å². The predicted octanol–water partition coefficient (Wildman–Crippen LogP) is 1.90. The summed E-state index contributed by atoms with van der Waals surface area (Å²) in [6.45, 7) is 3.54. The van der Waals surface area contributed by atoms with Crippen molar-refractivity contribution in [2.75, 3.05) is 34.2 Å². The lowest BCUT2D eigenvalue weighted by Crippen LogP contribution is -2.59. The predicted molar refractivity (Wildman–Crippen MR) is 83.8 cm³/mol. The van der Waals surface area contributed by atoms with Gasteiger partial charge in [0.1, 0.15) is 0 Å². The monoisotopic (exact) mass is 273 g/mol. The van der Waals surface area contributed by atoms with Crippen molar-refractivity contribution in [1.29, 1.82) is 0 Å². The van der Waals surface area contributed by atoms with Gasteiger partial charge in [0.2, 0.25) is 0 Å². The topological polar surface area (TPSA) is 9.72 Å². The molecule has 0 amide bonds. The van der Waals surface area contributed by atoms with Crippen LogP contribution in [0.2, 0.25) is 0 Å². The standard InChI is InChI=1S/C17H27N3/c1-18(2)16-10-9-15-12-19(3)17(16)13-20(15)11-14-7-5-4-6-8-14/h4-8,15-17H,9-13H2,1-3H3/t15?,16-,17?/m1/s1. The third-order valence-electron chi connectivity index (χ3n) is 5.13. The molecule has 3 fully saturated rings. The largest absolute Gasteiger partial charge is 0.305 e. The van der Waals surface area contributed by atoms with E-state index in [0.717, 1.165) is 12.6 Å². The number of fused-ring (bicyclic) bond motifs is 4. The maximum absolute atomic E-state index is 2.71. The number of likely N-dealkylation sites (N-methyl/N-ethyl adjacent to an activating group) is 2. The van der Waals surface area contributed by atoms with Crippen LogP contribution in [0, 0.1) is 0 Å². The zero-order valence-corrected chi connectivity index (χ0v) is 13.0. The molecule has 3 heterocycles. The molecule has 1 aromatic rings. The Morgan fingerprint density at radius 2 is 1.85 bits per heavy atom. The van der Waals surface area contributed by atoms with Gasteiger partial charge in [-0.3, -0.25) is 9.80 Å². The molecule has 3 heteroatoms. The van der Waals surface area contributed by atoms with E-state index < -0.39 is 0 Å². The maximum Gasteiger partial charge on any atom is 0.0376 e. The fourth-order valence-corrected chi connectivity index (χ4v) is 3.97. The molecule has 0 spiro atoms. The van der Waals surface area contributed by atoms with Gasteiger partial charge in [0, 0.05) is 37.8 Å². The van der Waals surface area contributed by atoms with Gasteiger partial charge in [0.05, 0.1) is 0 Å². The lowest BCUT2D eigenvalue weighted by molar-refractivity contribution is 0.0318. The number of rotatable bonds is 3. The Balaban J connectivity index is 1.76. The number of piperazine rings is 1. The van der Waals surface area contributed by atoms with Crippen molar-refractivity contribution < 1.29 is 0 Å². The van der Waals surface area contributed by atoms with Gasteiger partial charge in [-0.2, -0.15) is 0 Å². The van der Waals surface area contributed by atoms with Gasteiger partial charge in [-0.05, 0) is 39.5 Å². The average molecular weight is 273 g/mol. The molecular formula is C17H27N3. The van der Waals surface area contributed by atoms with Gasteiger partial charge in [0.25, 0.3) is 0 Å². The van der Waals surface area contributed by atoms with E-state index in [0.29, 0.717) is 12.1 Å². The van der Waals surface area contributed by atoms with E-state index in [9.17, 15) is 0 Å². The van der Waals surface area contributed by atoms with Gasteiger partial charge in [-0.1, -0.05) is 30.3 Å². The first-order chi connectivity index (χ1) is 9.65. The highest BCUT2D eigenvalue weighted by molar-refractivity contribution is 5.15. The van der Waals surface area contributed by atoms with Crippen molar-refractivity contribution in [3.8, 4) is 0 Å². The third-order valence-corrected chi connectivity index (χ3v) is 5.13. The highest BCUT2D eigenvalue weighted by Gasteiger charge is 2.40. The van der Waals surface area contributed by atoms with Crippen molar-refractivity contribution in [2.45, 2.75) is 37.5 Å². The van der Waals surface area contributed by atoms with Crippen LogP contribution in [0.1, 0.15) is 18.4 Å². The lowest BCUT2D eigenvalue weighted by Gasteiger charge is -2.45. The van der Waals surface area contributed by atoms with Crippen LogP contribution in [0.5, 0.6) is 0 Å². The fraction of sp³-hybridized carbons (Fsp3) is 0.647. The zero-order chi connectivity index (χ0) is 14.1. The molecule has 3 saturated heterocycles. The zero-order valence-electron chi connectivity index (χ0n) is 13.0. The first-order valence-corrected chi connectivity index (χ1v) is 7.80. The average Bonchev–Trinajstić information content (AvgIpc) is 2.70. The van der Waals surface area contributed by atoms with E-state index in [1.165, 1.54) is 31.5 Å². The Morgan fingerprint density at radius 1 is 1.10 bits per heavy atom. The molecule has 0 N–H and O–H groups in total. The second-order valence-electron chi connectivity index (χ2n) is 6.68. The third kappa shape index (κ3) is 2.76. The lowest BCUT2D eigenvalue weighted by atomic mass is 10.0. The first-order valence-electron chi connectivity index (χ1n) is 7.80. The summed E-state index contributed by atoms with van der Waals surface area (Å²) in [5.41, 5.74) is 1.45. The summed E-state index contributed by atoms with van der Waals surface area (Å²) in [4.78, 5) is 7.73. The Kier molecular flexibility index (Phi) is 4.11. The molecule has 3 atom stereocenters. The van der Waals surface area contributed by atoms with Crippen LogP contribution in [-0.4, -0.2) is 67.1 Å². The summed E-state index contributed by atoms with van der Waals surface area (Å²) >= 11 is 0. The quantitative estimate of drug-likeness (QED) is 0.833. The van der Waals surface area contributed by atoms with Crippen LogP contribution < -0.4 is 0 Å². The molecule has 4 rings (SSSR count). The van der Waals surface area contributed by atoms with Crippen molar-refractivity contribution in [3.63, 3.8) is 0 Å². The van der Waals surface area contributed by atoms with Gasteiger partial charge < -0.3 is 4.90 Å². The summed E-state index contributed by atoms with van der Waals surface area (Å²) in [6.07, 6.45) is 2.66. The summed E-state index contributed by atoms with van der Waals surface area (Å²) in [5.74, 6) is 0. The second kappa shape index (κ2) is 5.84. The molecular weight excluding hydrogens is 246 g/mol.